The van der Waals surface area contributed by atoms with Crippen LogP contribution in [0.1, 0.15) is 6.42 Å². The Morgan fingerprint density at radius 3 is 2.86 bits per heavy atom. The Balaban J connectivity index is 1.55. The van der Waals surface area contributed by atoms with Crippen LogP contribution in [0.15, 0.2) is 36.9 Å². The summed E-state index contributed by atoms with van der Waals surface area (Å²) >= 11 is 12.6. The second-order valence-corrected chi connectivity index (χ2v) is 7.50. The number of imidazole rings is 1. The number of carboxylic acids is 1. The van der Waals surface area contributed by atoms with Gasteiger partial charge in [-0.3, -0.25) is 4.79 Å². The predicted molar refractivity (Wildman–Crippen MR) is 108 cm³/mol. The van der Waals surface area contributed by atoms with Crippen molar-refractivity contribution < 1.29 is 14.6 Å². The Morgan fingerprint density at radius 1 is 1.32 bits per heavy atom. The molecule has 1 N–H and O–H groups in total. The number of aliphatic carboxylic acids is 1. The summed E-state index contributed by atoms with van der Waals surface area (Å²) in [6.45, 7) is 2.34. The number of carbonyl (C=O) groups is 1. The number of anilines is 1. The maximum Gasteiger partial charge on any atom is 0.305 e. The highest BCUT2D eigenvalue weighted by Gasteiger charge is 2.29. The first-order valence-electron chi connectivity index (χ1n) is 8.84. The van der Waals surface area contributed by atoms with Gasteiger partial charge in [0.15, 0.2) is 0 Å². The van der Waals surface area contributed by atoms with Gasteiger partial charge in [0.05, 0.1) is 47.2 Å². The van der Waals surface area contributed by atoms with Crippen molar-refractivity contribution in [2.45, 2.75) is 6.42 Å². The third-order valence-corrected chi connectivity index (χ3v) is 5.51. The normalized spacial score (nSPS) is 14.4. The Hall–Kier alpha value is -2.35. The molecule has 9 heteroatoms. The van der Waals surface area contributed by atoms with Gasteiger partial charge < -0.3 is 19.3 Å². The van der Waals surface area contributed by atoms with Gasteiger partial charge in [0.2, 0.25) is 0 Å². The Kier molecular flexibility index (Phi) is 5.39. The fourth-order valence-corrected chi connectivity index (χ4v) is 3.61. The van der Waals surface area contributed by atoms with Gasteiger partial charge in [0.1, 0.15) is 5.82 Å². The van der Waals surface area contributed by atoms with Crippen molar-refractivity contribution in [1.29, 1.82) is 0 Å². The van der Waals surface area contributed by atoms with E-state index < -0.39 is 5.97 Å². The number of benzene rings is 1. The molecule has 2 aromatic heterocycles. The molecular weight excluding hydrogens is 403 g/mol. The van der Waals surface area contributed by atoms with Crippen LogP contribution in [-0.2, 0) is 9.53 Å². The third kappa shape index (κ3) is 3.78. The molecule has 0 amide bonds. The number of rotatable bonds is 7. The average Bonchev–Trinajstić information content (AvgIpc) is 3.17. The molecule has 1 saturated heterocycles. The lowest BCUT2D eigenvalue weighted by Gasteiger charge is -2.40. The van der Waals surface area contributed by atoms with E-state index in [9.17, 15) is 4.79 Å². The molecule has 1 aromatic carbocycles. The summed E-state index contributed by atoms with van der Waals surface area (Å²) in [7, 11) is 0. The summed E-state index contributed by atoms with van der Waals surface area (Å²) in [5.41, 5.74) is 1.58. The second kappa shape index (κ2) is 7.95. The van der Waals surface area contributed by atoms with E-state index in [0.717, 1.165) is 30.0 Å². The van der Waals surface area contributed by atoms with E-state index in [0.29, 0.717) is 28.1 Å². The van der Waals surface area contributed by atoms with Crippen molar-refractivity contribution in [3.8, 4) is 5.69 Å². The van der Waals surface area contributed by atoms with Gasteiger partial charge in [-0.1, -0.05) is 23.2 Å². The summed E-state index contributed by atoms with van der Waals surface area (Å²) in [4.78, 5) is 21.5. The first kappa shape index (κ1) is 19.0. The molecule has 4 rings (SSSR count). The van der Waals surface area contributed by atoms with Crippen LogP contribution in [0.4, 0.5) is 5.82 Å². The minimum atomic E-state index is -0.849. The van der Waals surface area contributed by atoms with Crippen molar-refractivity contribution in [2.75, 3.05) is 31.2 Å². The van der Waals surface area contributed by atoms with Crippen LogP contribution in [0.2, 0.25) is 10.0 Å². The lowest BCUT2D eigenvalue weighted by atomic mass is 10.0. The molecule has 0 unspecified atom stereocenters. The first-order valence-corrected chi connectivity index (χ1v) is 9.60. The second-order valence-electron chi connectivity index (χ2n) is 6.72. The van der Waals surface area contributed by atoms with E-state index >= 15 is 0 Å². The molecule has 28 heavy (non-hydrogen) atoms. The van der Waals surface area contributed by atoms with E-state index in [1.807, 2.05) is 22.9 Å². The number of aromatic nitrogens is 3. The zero-order chi connectivity index (χ0) is 19.7. The van der Waals surface area contributed by atoms with Crippen LogP contribution >= 0.6 is 23.2 Å². The molecule has 146 valence electrons. The van der Waals surface area contributed by atoms with Crippen molar-refractivity contribution in [1.82, 2.24) is 14.5 Å². The summed E-state index contributed by atoms with van der Waals surface area (Å²) < 4.78 is 7.36. The maximum absolute atomic E-state index is 10.5. The lowest BCUT2D eigenvalue weighted by Crippen LogP contribution is -2.49. The van der Waals surface area contributed by atoms with Gasteiger partial charge in [-0.05, 0) is 12.1 Å². The van der Waals surface area contributed by atoms with Crippen molar-refractivity contribution in [2.24, 2.45) is 5.92 Å². The smallest absolute Gasteiger partial charge is 0.305 e. The SMILES string of the molecule is O=C(O)CCOCC1CN(c2cc(-n3ccnc3)c3ccc(Cl)c(Cl)c3n2)C1. The number of halogens is 2. The summed E-state index contributed by atoms with van der Waals surface area (Å²) in [5, 5.41) is 10.4. The molecule has 0 bridgehead atoms. The molecule has 1 aliphatic rings. The molecule has 0 aliphatic carbocycles. The lowest BCUT2D eigenvalue weighted by molar-refractivity contribution is -0.138. The average molecular weight is 421 g/mol. The van der Waals surface area contributed by atoms with E-state index in [1.54, 1.807) is 18.6 Å². The van der Waals surface area contributed by atoms with Crippen LogP contribution in [0.5, 0.6) is 0 Å². The third-order valence-electron chi connectivity index (χ3n) is 4.71. The fourth-order valence-electron chi connectivity index (χ4n) is 3.25. The number of nitrogens with zero attached hydrogens (tertiary/aromatic N) is 4. The van der Waals surface area contributed by atoms with Crippen LogP contribution < -0.4 is 4.90 Å². The standard InChI is InChI=1S/C19H18Cl2N4O3/c20-14-2-1-13-15(24-5-4-22-11-24)7-16(23-19(13)18(14)21)25-8-12(9-25)10-28-6-3-17(26)27/h1-2,4-5,7,11-12H,3,6,8-10H2,(H,26,27). The van der Waals surface area contributed by atoms with Gasteiger partial charge in [0.25, 0.3) is 0 Å². The summed E-state index contributed by atoms with van der Waals surface area (Å²) in [6.07, 6.45) is 5.35. The van der Waals surface area contributed by atoms with E-state index in [4.69, 9.17) is 38.0 Å². The highest BCUT2D eigenvalue weighted by atomic mass is 35.5. The van der Waals surface area contributed by atoms with Crippen LogP contribution in [-0.4, -0.2) is 51.9 Å². The number of hydrogen-bond acceptors (Lipinski definition) is 5. The van der Waals surface area contributed by atoms with Crippen molar-refractivity contribution in [3.05, 3.63) is 47.0 Å². The van der Waals surface area contributed by atoms with E-state index in [-0.39, 0.29) is 13.0 Å². The van der Waals surface area contributed by atoms with Gasteiger partial charge in [-0.15, -0.1) is 0 Å². The first-order chi connectivity index (χ1) is 13.5. The predicted octanol–water partition coefficient (Wildman–Crippen LogP) is 3.65. The molecular formula is C19H18Cl2N4O3. The zero-order valence-corrected chi connectivity index (χ0v) is 16.4. The number of hydrogen-bond donors (Lipinski definition) is 1. The summed E-state index contributed by atoms with van der Waals surface area (Å²) in [5.74, 6) is 0.304. The number of ether oxygens (including phenoxy) is 1. The fraction of sp³-hybridized carbons (Fsp3) is 0.316. The van der Waals surface area contributed by atoms with Crippen LogP contribution in [0.25, 0.3) is 16.6 Å². The highest BCUT2D eigenvalue weighted by molar-refractivity contribution is 6.45. The van der Waals surface area contributed by atoms with E-state index in [2.05, 4.69) is 9.88 Å². The molecule has 3 aromatic rings. The number of pyridine rings is 1. The van der Waals surface area contributed by atoms with Crippen LogP contribution in [0, 0.1) is 5.92 Å². The van der Waals surface area contributed by atoms with E-state index in [1.165, 1.54) is 0 Å². The Bertz CT molecular complexity index is 1000. The van der Waals surface area contributed by atoms with Gasteiger partial charge in [-0.2, -0.15) is 0 Å². The number of fused-ring (bicyclic) bond motifs is 1. The quantitative estimate of drug-likeness (QED) is 0.587. The zero-order valence-electron chi connectivity index (χ0n) is 14.9. The number of carboxylic acid groups (broad SMARTS) is 1. The highest BCUT2D eigenvalue weighted by Crippen LogP contribution is 2.36. The molecule has 0 spiro atoms. The molecule has 0 atom stereocenters. The molecule has 1 fully saturated rings. The Morgan fingerprint density at radius 2 is 2.14 bits per heavy atom. The van der Waals surface area contributed by atoms with Crippen molar-refractivity contribution >= 4 is 45.9 Å². The van der Waals surface area contributed by atoms with Gasteiger partial charge >= 0.3 is 5.97 Å². The van der Waals surface area contributed by atoms with Crippen molar-refractivity contribution in [3.63, 3.8) is 0 Å². The molecule has 0 saturated carbocycles. The van der Waals surface area contributed by atoms with Crippen LogP contribution in [0.3, 0.4) is 0 Å². The van der Waals surface area contributed by atoms with Gasteiger partial charge in [-0.25, -0.2) is 9.97 Å². The van der Waals surface area contributed by atoms with Gasteiger partial charge in [0, 0.05) is 42.9 Å². The largest absolute Gasteiger partial charge is 0.481 e. The summed E-state index contributed by atoms with van der Waals surface area (Å²) in [6, 6.07) is 5.68. The maximum atomic E-state index is 10.5. The topological polar surface area (TPSA) is 80.5 Å². The molecule has 0 radical (unpaired) electrons. The Labute approximate surface area is 171 Å². The monoisotopic (exact) mass is 420 g/mol. The molecule has 7 nitrogen and oxygen atoms in total. The molecule has 3 heterocycles. The minimum absolute atomic E-state index is 0.0240. The molecule has 1 aliphatic heterocycles. The minimum Gasteiger partial charge on any atom is -0.481 e.